The van der Waals surface area contributed by atoms with Crippen LogP contribution in [-0.2, 0) is 17.9 Å². The first kappa shape index (κ1) is 17.3. The van der Waals surface area contributed by atoms with E-state index in [4.69, 9.17) is 4.42 Å². The van der Waals surface area contributed by atoms with Crippen LogP contribution in [0.15, 0.2) is 64.9 Å². The quantitative estimate of drug-likeness (QED) is 0.570. The second-order valence-electron chi connectivity index (χ2n) is 5.10. The minimum Gasteiger partial charge on any atom is -0.467 e. The highest BCUT2D eigenvalue weighted by Crippen LogP contribution is 2.07. The fourth-order valence-electron chi connectivity index (χ4n) is 2.13. The number of rotatable bonds is 8. The van der Waals surface area contributed by atoms with Gasteiger partial charge in [0.2, 0.25) is 0 Å². The molecule has 1 heterocycles. The summed E-state index contributed by atoms with van der Waals surface area (Å²) in [6.45, 7) is 0.961. The summed E-state index contributed by atoms with van der Waals surface area (Å²) < 4.78 is 5.14. The van der Waals surface area contributed by atoms with Crippen LogP contribution < -0.4 is 5.32 Å². The van der Waals surface area contributed by atoms with Crippen molar-refractivity contribution in [2.45, 2.75) is 13.1 Å². The maximum absolute atomic E-state index is 12.1. The van der Waals surface area contributed by atoms with E-state index in [0.29, 0.717) is 18.8 Å². The number of amides is 1. The molecule has 0 fully saturated rings. The largest absolute Gasteiger partial charge is 0.467 e. The zero-order valence-electron chi connectivity index (χ0n) is 13.2. The number of carbonyl (C=O) groups excluding carboxylic acids is 1. The van der Waals surface area contributed by atoms with Gasteiger partial charge in [-0.1, -0.05) is 30.3 Å². The number of aliphatic hydroxyl groups is 1. The Hall–Kier alpha value is -3.04. The van der Waals surface area contributed by atoms with E-state index in [-0.39, 0.29) is 18.7 Å². The van der Waals surface area contributed by atoms with Crippen molar-refractivity contribution in [1.82, 2.24) is 10.2 Å². The summed E-state index contributed by atoms with van der Waals surface area (Å²) in [6, 6.07) is 15.0. The molecule has 0 spiro atoms. The van der Waals surface area contributed by atoms with E-state index in [2.05, 4.69) is 5.32 Å². The summed E-state index contributed by atoms with van der Waals surface area (Å²) in [7, 11) is 0. The molecule has 1 aromatic carbocycles. The third-order valence-corrected chi connectivity index (χ3v) is 3.30. The molecule has 1 aromatic heterocycles. The number of nitrogens with zero attached hydrogens (tertiary/aromatic N) is 2. The number of hydrogen-bond donors (Lipinski definition) is 2. The number of nitriles is 1. The first-order valence-corrected chi connectivity index (χ1v) is 7.54. The maximum Gasteiger partial charge on any atom is 0.263 e. The average molecular weight is 325 g/mol. The molecule has 0 radical (unpaired) electrons. The smallest absolute Gasteiger partial charge is 0.263 e. The predicted molar refractivity (Wildman–Crippen MR) is 88.2 cm³/mol. The normalized spacial score (nSPS) is 10.9. The third-order valence-electron chi connectivity index (χ3n) is 3.30. The molecule has 124 valence electrons. The Balaban J connectivity index is 2.03. The molecule has 0 aliphatic carbocycles. The van der Waals surface area contributed by atoms with Gasteiger partial charge in [0.25, 0.3) is 5.91 Å². The highest BCUT2D eigenvalue weighted by molar-refractivity contribution is 5.97. The lowest BCUT2D eigenvalue weighted by atomic mass is 10.2. The van der Waals surface area contributed by atoms with Crippen LogP contribution in [0.25, 0.3) is 0 Å². The minimum atomic E-state index is -0.482. The van der Waals surface area contributed by atoms with Gasteiger partial charge in [0, 0.05) is 19.3 Å². The molecule has 0 bridgehead atoms. The van der Waals surface area contributed by atoms with Crippen LogP contribution in [0.1, 0.15) is 11.3 Å². The predicted octanol–water partition coefficient (Wildman–Crippen LogP) is 1.80. The SMILES string of the molecule is N#C/C(=C/N(CCO)Cc1ccccc1)C(=O)NCc1ccco1. The highest BCUT2D eigenvalue weighted by Gasteiger charge is 2.12. The van der Waals surface area contributed by atoms with Crippen LogP contribution in [0.4, 0.5) is 0 Å². The van der Waals surface area contributed by atoms with Crippen molar-refractivity contribution in [1.29, 1.82) is 5.26 Å². The number of aliphatic hydroxyl groups excluding tert-OH is 1. The van der Waals surface area contributed by atoms with Crippen molar-refractivity contribution in [3.8, 4) is 6.07 Å². The monoisotopic (exact) mass is 325 g/mol. The Morgan fingerprint density at radius 1 is 1.29 bits per heavy atom. The number of carbonyl (C=O) groups is 1. The van der Waals surface area contributed by atoms with E-state index in [1.807, 2.05) is 36.4 Å². The van der Waals surface area contributed by atoms with E-state index in [1.165, 1.54) is 12.5 Å². The number of hydrogen-bond acceptors (Lipinski definition) is 5. The minimum absolute atomic E-state index is 0.0223. The van der Waals surface area contributed by atoms with E-state index < -0.39 is 5.91 Å². The first-order chi connectivity index (χ1) is 11.7. The Morgan fingerprint density at radius 2 is 2.08 bits per heavy atom. The van der Waals surface area contributed by atoms with Gasteiger partial charge in [-0.25, -0.2) is 0 Å². The molecule has 1 amide bonds. The second-order valence-corrected chi connectivity index (χ2v) is 5.10. The number of benzene rings is 1. The molecule has 2 rings (SSSR count). The van der Waals surface area contributed by atoms with Crippen molar-refractivity contribution in [2.75, 3.05) is 13.2 Å². The van der Waals surface area contributed by atoms with Crippen LogP contribution in [0, 0.1) is 11.3 Å². The lowest BCUT2D eigenvalue weighted by Crippen LogP contribution is -2.27. The molecule has 6 heteroatoms. The fraction of sp³-hybridized carbons (Fsp3) is 0.222. The third kappa shape index (κ3) is 5.30. The lowest BCUT2D eigenvalue weighted by Gasteiger charge is -2.20. The average Bonchev–Trinajstić information content (AvgIpc) is 3.12. The topological polar surface area (TPSA) is 89.5 Å². The van der Waals surface area contributed by atoms with Crippen LogP contribution in [0.5, 0.6) is 0 Å². The van der Waals surface area contributed by atoms with E-state index in [1.54, 1.807) is 17.0 Å². The molecule has 0 aliphatic heterocycles. The van der Waals surface area contributed by atoms with E-state index in [0.717, 1.165) is 5.56 Å². The van der Waals surface area contributed by atoms with Gasteiger partial charge in [-0.2, -0.15) is 5.26 Å². The van der Waals surface area contributed by atoms with Gasteiger partial charge < -0.3 is 19.7 Å². The molecule has 2 aromatic rings. The molecule has 0 saturated heterocycles. The number of nitrogens with one attached hydrogen (secondary N) is 1. The van der Waals surface area contributed by atoms with E-state index in [9.17, 15) is 15.2 Å². The van der Waals surface area contributed by atoms with Gasteiger partial charge in [0.1, 0.15) is 17.4 Å². The van der Waals surface area contributed by atoms with Gasteiger partial charge in [-0.05, 0) is 17.7 Å². The maximum atomic E-state index is 12.1. The Labute approximate surface area is 140 Å². The van der Waals surface area contributed by atoms with Crippen molar-refractivity contribution in [3.63, 3.8) is 0 Å². The van der Waals surface area contributed by atoms with Crippen molar-refractivity contribution < 1.29 is 14.3 Å². The van der Waals surface area contributed by atoms with Crippen molar-refractivity contribution in [2.24, 2.45) is 0 Å². The van der Waals surface area contributed by atoms with E-state index >= 15 is 0 Å². The summed E-state index contributed by atoms with van der Waals surface area (Å²) in [6.07, 6.45) is 2.99. The Bertz CT molecular complexity index is 703. The summed E-state index contributed by atoms with van der Waals surface area (Å²) >= 11 is 0. The van der Waals surface area contributed by atoms with Crippen LogP contribution in [-0.4, -0.2) is 29.1 Å². The first-order valence-electron chi connectivity index (χ1n) is 7.54. The van der Waals surface area contributed by atoms with Gasteiger partial charge in [0.05, 0.1) is 19.4 Å². The van der Waals surface area contributed by atoms with Crippen LogP contribution in [0.3, 0.4) is 0 Å². The highest BCUT2D eigenvalue weighted by atomic mass is 16.3. The van der Waals surface area contributed by atoms with Crippen LogP contribution in [0.2, 0.25) is 0 Å². The van der Waals surface area contributed by atoms with Gasteiger partial charge in [0.15, 0.2) is 0 Å². The zero-order chi connectivity index (χ0) is 17.2. The van der Waals surface area contributed by atoms with Crippen LogP contribution >= 0.6 is 0 Å². The Kier molecular flexibility index (Phi) is 6.62. The fourth-order valence-corrected chi connectivity index (χ4v) is 2.13. The molecule has 24 heavy (non-hydrogen) atoms. The van der Waals surface area contributed by atoms with Gasteiger partial charge in [-0.15, -0.1) is 0 Å². The molecular weight excluding hydrogens is 306 g/mol. The lowest BCUT2D eigenvalue weighted by molar-refractivity contribution is -0.117. The van der Waals surface area contributed by atoms with Gasteiger partial charge >= 0.3 is 0 Å². The Morgan fingerprint density at radius 3 is 2.71 bits per heavy atom. The summed E-state index contributed by atoms with van der Waals surface area (Å²) in [5, 5.41) is 21.1. The molecule has 0 aliphatic rings. The summed E-state index contributed by atoms with van der Waals surface area (Å²) in [5.41, 5.74) is 1.00. The molecular formula is C18H19N3O3. The van der Waals surface area contributed by atoms with Crippen molar-refractivity contribution in [3.05, 3.63) is 71.8 Å². The summed E-state index contributed by atoms with van der Waals surface area (Å²) in [4.78, 5) is 13.9. The summed E-state index contributed by atoms with van der Waals surface area (Å²) in [5.74, 6) is 0.127. The number of furan rings is 1. The molecule has 0 saturated carbocycles. The zero-order valence-corrected chi connectivity index (χ0v) is 13.2. The van der Waals surface area contributed by atoms with Gasteiger partial charge in [-0.3, -0.25) is 4.79 Å². The van der Waals surface area contributed by atoms with Crippen molar-refractivity contribution >= 4 is 5.91 Å². The second kappa shape index (κ2) is 9.18. The molecule has 2 N–H and O–H groups in total. The molecule has 0 atom stereocenters. The molecule has 0 unspecified atom stereocenters. The standard InChI is InChI=1S/C18H19N3O3/c19-11-16(18(23)20-12-17-7-4-10-24-17)14-21(8-9-22)13-15-5-2-1-3-6-15/h1-7,10,14,22H,8-9,12-13H2,(H,20,23)/b16-14-. The molecule has 6 nitrogen and oxygen atoms in total.